The highest BCUT2D eigenvalue weighted by Crippen LogP contribution is 2.21. The van der Waals surface area contributed by atoms with Gasteiger partial charge in [-0.3, -0.25) is 9.59 Å². The van der Waals surface area contributed by atoms with Crippen molar-refractivity contribution in [2.45, 2.75) is 6.92 Å². The van der Waals surface area contributed by atoms with Gasteiger partial charge in [0.25, 0.3) is 5.91 Å². The fourth-order valence-corrected chi connectivity index (χ4v) is 2.00. The van der Waals surface area contributed by atoms with Crippen LogP contribution in [-0.2, 0) is 9.59 Å². The van der Waals surface area contributed by atoms with Crippen molar-refractivity contribution < 1.29 is 9.59 Å². The predicted molar refractivity (Wildman–Crippen MR) is 88.3 cm³/mol. The Morgan fingerprint density at radius 2 is 1.64 bits per heavy atom. The number of hydrogen-bond donors (Lipinski definition) is 2. The second kappa shape index (κ2) is 7.43. The molecule has 4 nitrogen and oxygen atoms in total. The lowest BCUT2D eigenvalue weighted by atomic mass is 10.2. The number of hydrogen-bond acceptors (Lipinski definition) is 2. The first-order chi connectivity index (χ1) is 10.6. The van der Waals surface area contributed by atoms with E-state index in [1.807, 2.05) is 30.3 Å². The van der Waals surface area contributed by atoms with Crippen molar-refractivity contribution in [2.75, 3.05) is 5.32 Å². The van der Waals surface area contributed by atoms with Crippen LogP contribution in [0.5, 0.6) is 0 Å². The van der Waals surface area contributed by atoms with Gasteiger partial charge in [0, 0.05) is 6.92 Å². The van der Waals surface area contributed by atoms with Crippen molar-refractivity contribution >= 4 is 35.2 Å². The Morgan fingerprint density at radius 1 is 1.00 bits per heavy atom. The highest BCUT2D eigenvalue weighted by atomic mass is 35.5. The lowest BCUT2D eigenvalue weighted by Gasteiger charge is -2.10. The van der Waals surface area contributed by atoms with Crippen LogP contribution in [0.1, 0.15) is 12.5 Å². The number of anilines is 1. The zero-order valence-electron chi connectivity index (χ0n) is 12.0. The Morgan fingerprint density at radius 3 is 2.27 bits per heavy atom. The fraction of sp³-hybridized carbons (Fsp3) is 0.0588. The van der Waals surface area contributed by atoms with Crippen molar-refractivity contribution in [3.8, 4) is 0 Å². The number of nitrogens with one attached hydrogen (secondary N) is 2. The maximum atomic E-state index is 12.4. The summed E-state index contributed by atoms with van der Waals surface area (Å²) in [6.07, 6.45) is 1.60. The highest BCUT2D eigenvalue weighted by Gasteiger charge is 2.12. The van der Waals surface area contributed by atoms with Crippen molar-refractivity contribution in [1.82, 2.24) is 5.32 Å². The average Bonchev–Trinajstić information content (AvgIpc) is 2.49. The van der Waals surface area contributed by atoms with Gasteiger partial charge in [-0.15, -0.1) is 0 Å². The lowest BCUT2D eigenvalue weighted by Crippen LogP contribution is -2.29. The van der Waals surface area contributed by atoms with E-state index < -0.39 is 5.91 Å². The number of rotatable bonds is 4. The molecule has 0 unspecified atom stereocenters. The Labute approximate surface area is 133 Å². The molecule has 5 heteroatoms. The van der Waals surface area contributed by atoms with Crippen LogP contribution >= 0.6 is 11.6 Å². The van der Waals surface area contributed by atoms with Gasteiger partial charge in [0.05, 0.1) is 10.7 Å². The molecule has 0 aromatic heterocycles. The van der Waals surface area contributed by atoms with Crippen LogP contribution in [-0.4, -0.2) is 11.8 Å². The molecule has 0 saturated carbocycles. The molecule has 0 aliphatic heterocycles. The van der Waals surface area contributed by atoms with E-state index in [1.54, 1.807) is 30.3 Å². The van der Waals surface area contributed by atoms with E-state index in [0.29, 0.717) is 10.7 Å². The van der Waals surface area contributed by atoms with Crippen molar-refractivity contribution in [1.29, 1.82) is 0 Å². The highest BCUT2D eigenvalue weighted by molar-refractivity contribution is 6.34. The number of carbonyl (C=O) groups is 2. The largest absolute Gasteiger partial charge is 0.322 e. The van der Waals surface area contributed by atoms with Gasteiger partial charge in [0.2, 0.25) is 5.91 Å². The average molecular weight is 315 g/mol. The normalized spacial score (nSPS) is 10.9. The summed E-state index contributed by atoms with van der Waals surface area (Å²) in [6.45, 7) is 1.35. The quantitative estimate of drug-likeness (QED) is 0.849. The minimum absolute atomic E-state index is 0.151. The molecule has 0 bridgehead atoms. The van der Waals surface area contributed by atoms with Crippen LogP contribution in [0.2, 0.25) is 5.02 Å². The van der Waals surface area contributed by atoms with Gasteiger partial charge in [0.1, 0.15) is 5.70 Å². The van der Waals surface area contributed by atoms with Gasteiger partial charge >= 0.3 is 0 Å². The van der Waals surface area contributed by atoms with E-state index >= 15 is 0 Å². The van der Waals surface area contributed by atoms with Crippen LogP contribution < -0.4 is 10.6 Å². The second-order valence-electron chi connectivity index (χ2n) is 4.58. The van der Waals surface area contributed by atoms with E-state index in [9.17, 15) is 9.59 Å². The predicted octanol–water partition coefficient (Wildman–Crippen LogP) is 3.46. The van der Waals surface area contributed by atoms with Gasteiger partial charge in [-0.25, -0.2) is 0 Å². The Bertz CT molecular complexity index is 712. The molecule has 0 aliphatic rings. The molecule has 0 spiro atoms. The molecular weight excluding hydrogens is 300 g/mol. The molecule has 2 aromatic carbocycles. The van der Waals surface area contributed by atoms with Gasteiger partial charge in [-0.05, 0) is 23.8 Å². The third-order valence-corrected chi connectivity index (χ3v) is 3.12. The summed E-state index contributed by atoms with van der Waals surface area (Å²) in [6, 6.07) is 16.2. The summed E-state index contributed by atoms with van der Waals surface area (Å²) in [5, 5.41) is 5.65. The first-order valence-corrected chi connectivity index (χ1v) is 7.04. The molecule has 0 heterocycles. The van der Waals surface area contributed by atoms with E-state index in [4.69, 9.17) is 11.6 Å². The topological polar surface area (TPSA) is 58.2 Å². The van der Waals surface area contributed by atoms with Crippen LogP contribution in [0.15, 0.2) is 60.3 Å². The fourth-order valence-electron chi connectivity index (χ4n) is 1.82. The third-order valence-electron chi connectivity index (χ3n) is 2.79. The van der Waals surface area contributed by atoms with E-state index in [2.05, 4.69) is 10.6 Å². The van der Waals surface area contributed by atoms with Crippen molar-refractivity contribution in [3.63, 3.8) is 0 Å². The van der Waals surface area contributed by atoms with Gasteiger partial charge in [-0.1, -0.05) is 54.1 Å². The summed E-state index contributed by atoms with van der Waals surface area (Å²) in [5.41, 5.74) is 1.44. The maximum absolute atomic E-state index is 12.4. The monoisotopic (exact) mass is 314 g/mol. The second-order valence-corrected chi connectivity index (χ2v) is 4.99. The smallest absolute Gasteiger partial charge is 0.272 e. The Hall–Kier alpha value is -2.59. The summed E-state index contributed by atoms with van der Waals surface area (Å²) in [4.78, 5) is 23.7. The van der Waals surface area contributed by atoms with Crippen LogP contribution in [0, 0.1) is 0 Å². The third kappa shape index (κ3) is 4.46. The summed E-state index contributed by atoms with van der Waals surface area (Å²) in [7, 11) is 0. The molecule has 0 saturated heterocycles. The number of carbonyl (C=O) groups excluding carboxylic acids is 2. The molecule has 0 aliphatic carbocycles. The molecule has 0 atom stereocenters. The molecule has 2 N–H and O–H groups in total. The first kappa shape index (κ1) is 15.8. The molecular formula is C17H15ClN2O2. The number of para-hydroxylation sites is 1. The molecule has 2 amide bonds. The number of amides is 2. The zero-order valence-corrected chi connectivity index (χ0v) is 12.7. The van der Waals surface area contributed by atoms with Crippen LogP contribution in [0.3, 0.4) is 0 Å². The van der Waals surface area contributed by atoms with Crippen molar-refractivity contribution in [2.24, 2.45) is 0 Å². The molecule has 0 fully saturated rings. The van der Waals surface area contributed by atoms with E-state index in [1.165, 1.54) is 6.92 Å². The molecule has 112 valence electrons. The SMILES string of the molecule is CC(=O)N/C(=C\c1ccccc1)C(=O)Nc1ccccc1Cl. The van der Waals surface area contributed by atoms with E-state index in [-0.39, 0.29) is 11.6 Å². The molecule has 22 heavy (non-hydrogen) atoms. The van der Waals surface area contributed by atoms with Crippen LogP contribution in [0.4, 0.5) is 5.69 Å². The van der Waals surface area contributed by atoms with E-state index in [0.717, 1.165) is 5.56 Å². The van der Waals surface area contributed by atoms with Crippen LogP contribution in [0.25, 0.3) is 6.08 Å². The van der Waals surface area contributed by atoms with Gasteiger partial charge in [0.15, 0.2) is 0 Å². The zero-order chi connectivity index (χ0) is 15.9. The van der Waals surface area contributed by atoms with Gasteiger partial charge < -0.3 is 10.6 Å². The molecule has 0 radical (unpaired) electrons. The van der Waals surface area contributed by atoms with Crippen molar-refractivity contribution in [3.05, 3.63) is 70.9 Å². The summed E-state index contributed by atoms with van der Waals surface area (Å²) in [5.74, 6) is -0.761. The molecule has 2 rings (SSSR count). The maximum Gasteiger partial charge on any atom is 0.272 e. The number of benzene rings is 2. The summed E-state index contributed by atoms with van der Waals surface area (Å²) >= 11 is 6.02. The summed E-state index contributed by atoms with van der Waals surface area (Å²) < 4.78 is 0. The first-order valence-electron chi connectivity index (χ1n) is 6.66. The Balaban J connectivity index is 2.26. The lowest BCUT2D eigenvalue weighted by molar-refractivity contribution is -0.120. The minimum Gasteiger partial charge on any atom is -0.322 e. The number of halogens is 1. The molecule has 2 aromatic rings. The Kier molecular flexibility index (Phi) is 5.33. The minimum atomic E-state index is -0.438. The standard InChI is InChI=1S/C17H15ClN2O2/c1-12(21)19-16(11-13-7-3-2-4-8-13)17(22)20-15-10-6-5-9-14(15)18/h2-11H,1H3,(H,19,21)(H,20,22)/b16-11-. The van der Waals surface area contributed by atoms with Gasteiger partial charge in [-0.2, -0.15) is 0 Å².